The molecule has 0 heterocycles. The van der Waals surface area contributed by atoms with Crippen LogP contribution in [0.25, 0.3) is 10.8 Å². The Balaban J connectivity index is 2.25. The van der Waals surface area contributed by atoms with Gasteiger partial charge in [0.15, 0.2) is 0 Å². The van der Waals surface area contributed by atoms with E-state index in [9.17, 15) is 4.79 Å². The molecule has 0 radical (unpaired) electrons. The summed E-state index contributed by atoms with van der Waals surface area (Å²) in [5, 5.41) is 1.13. The summed E-state index contributed by atoms with van der Waals surface area (Å²) >= 11 is 1.23. The summed E-state index contributed by atoms with van der Waals surface area (Å²) in [6, 6.07) is 12.8. The van der Waals surface area contributed by atoms with Crippen molar-refractivity contribution in [2.75, 3.05) is 35.5 Å². The molecule has 0 amide bonds. The third kappa shape index (κ3) is 5.51. The van der Waals surface area contributed by atoms with Crippen LogP contribution in [0.5, 0.6) is 28.7 Å². The molecule has 0 saturated carbocycles. The number of carbonyl (C=O) groups is 1. The Morgan fingerprint density at radius 2 is 1.40 bits per heavy atom. The Morgan fingerprint density at radius 1 is 0.800 bits per heavy atom. The molecule has 1 unspecified atom stereocenters. The highest BCUT2D eigenvalue weighted by Crippen LogP contribution is 2.51. The highest BCUT2D eigenvalue weighted by Gasteiger charge is 2.27. The minimum atomic E-state index is -0.258. The fraction of sp³-hybridized carbons (Fsp3) is 0.321. The minimum absolute atomic E-state index is 0.0895. The number of carbonyl (C=O) groups excluding carboxylic acids is 1. The van der Waals surface area contributed by atoms with Crippen LogP contribution in [-0.4, -0.2) is 40.7 Å². The van der Waals surface area contributed by atoms with Gasteiger partial charge in [0.2, 0.25) is 5.12 Å². The Kier molecular flexibility index (Phi) is 8.93. The average molecular weight is 497 g/mol. The molecule has 0 fully saturated rings. The van der Waals surface area contributed by atoms with Crippen LogP contribution < -0.4 is 23.7 Å². The molecule has 7 heteroatoms. The van der Waals surface area contributed by atoms with Crippen LogP contribution in [0.4, 0.5) is 0 Å². The average Bonchev–Trinajstić information content (AvgIpc) is 2.88. The topological polar surface area (TPSA) is 63.2 Å². The first-order valence-corrected chi connectivity index (χ1v) is 12.0. The second-order valence-electron chi connectivity index (χ2n) is 8.03. The molecular formula is C28H32O6S. The molecule has 186 valence electrons. The molecule has 0 N–H and O–H groups in total. The summed E-state index contributed by atoms with van der Waals surface area (Å²) < 4.78 is 28.5. The van der Waals surface area contributed by atoms with Crippen molar-refractivity contribution in [2.24, 2.45) is 0 Å². The molecule has 0 aromatic heterocycles. The molecule has 3 aromatic rings. The van der Waals surface area contributed by atoms with Gasteiger partial charge in [-0.05, 0) is 50.6 Å². The molecule has 0 aliphatic rings. The van der Waals surface area contributed by atoms with Gasteiger partial charge in [0.1, 0.15) is 28.7 Å². The van der Waals surface area contributed by atoms with Crippen molar-refractivity contribution in [3.8, 4) is 28.7 Å². The highest BCUT2D eigenvalue weighted by atomic mass is 32.2. The molecular weight excluding hydrogens is 464 g/mol. The molecule has 35 heavy (non-hydrogen) atoms. The molecule has 0 aliphatic heterocycles. The summed E-state index contributed by atoms with van der Waals surface area (Å²) in [6.07, 6.45) is 2.73. The van der Waals surface area contributed by atoms with E-state index in [0.29, 0.717) is 40.7 Å². The van der Waals surface area contributed by atoms with Crippen molar-refractivity contribution in [1.82, 2.24) is 0 Å². The number of ether oxygens (including phenoxy) is 5. The summed E-state index contributed by atoms with van der Waals surface area (Å²) in [7, 11) is 8.02. The predicted molar refractivity (Wildman–Crippen MR) is 142 cm³/mol. The summed E-state index contributed by atoms with van der Waals surface area (Å²) in [5.41, 5.74) is 2.51. The molecule has 0 bridgehead atoms. The van der Waals surface area contributed by atoms with E-state index in [2.05, 4.69) is 6.08 Å². The van der Waals surface area contributed by atoms with Crippen LogP contribution in [0, 0.1) is 0 Å². The third-order valence-electron chi connectivity index (χ3n) is 5.68. The van der Waals surface area contributed by atoms with Gasteiger partial charge >= 0.3 is 0 Å². The van der Waals surface area contributed by atoms with E-state index in [4.69, 9.17) is 23.7 Å². The maximum absolute atomic E-state index is 13.4. The number of thioether (sulfide) groups is 1. The molecule has 6 nitrogen and oxygen atoms in total. The summed E-state index contributed by atoms with van der Waals surface area (Å²) in [6.45, 7) is 4.08. The molecule has 3 aromatic carbocycles. The van der Waals surface area contributed by atoms with Crippen LogP contribution in [0.3, 0.4) is 0 Å². The number of benzene rings is 3. The van der Waals surface area contributed by atoms with E-state index in [-0.39, 0.29) is 10.4 Å². The lowest BCUT2D eigenvalue weighted by Crippen LogP contribution is -2.06. The van der Waals surface area contributed by atoms with Gasteiger partial charge in [-0.25, -0.2) is 0 Å². The lowest BCUT2D eigenvalue weighted by atomic mass is 9.98. The van der Waals surface area contributed by atoms with Crippen molar-refractivity contribution in [2.45, 2.75) is 25.5 Å². The van der Waals surface area contributed by atoms with Gasteiger partial charge in [0, 0.05) is 10.8 Å². The monoisotopic (exact) mass is 496 g/mol. The van der Waals surface area contributed by atoms with Gasteiger partial charge in [-0.1, -0.05) is 35.5 Å². The Labute approximate surface area is 211 Å². The van der Waals surface area contributed by atoms with E-state index < -0.39 is 0 Å². The number of rotatable bonds is 10. The SMILES string of the molecule is COc1ccccc1C(=O)SC(CC=C(C)C)c1cc(OC)c2c(OC)ccc(OC)c2c1OC. The largest absolute Gasteiger partial charge is 0.496 e. The Hall–Kier alpha value is -3.32. The van der Waals surface area contributed by atoms with Crippen LogP contribution >= 0.6 is 11.8 Å². The zero-order valence-electron chi connectivity index (χ0n) is 21.3. The zero-order valence-corrected chi connectivity index (χ0v) is 22.1. The zero-order chi connectivity index (χ0) is 25.5. The van der Waals surface area contributed by atoms with Crippen molar-refractivity contribution in [1.29, 1.82) is 0 Å². The first-order chi connectivity index (χ1) is 16.9. The van der Waals surface area contributed by atoms with E-state index in [1.165, 1.54) is 11.8 Å². The Morgan fingerprint density at radius 3 is 1.97 bits per heavy atom. The fourth-order valence-electron chi connectivity index (χ4n) is 4.01. The highest BCUT2D eigenvalue weighted by molar-refractivity contribution is 8.14. The van der Waals surface area contributed by atoms with Gasteiger partial charge in [-0.15, -0.1) is 0 Å². The maximum atomic E-state index is 13.4. The maximum Gasteiger partial charge on any atom is 0.223 e. The van der Waals surface area contributed by atoms with Crippen molar-refractivity contribution in [3.63, 3.8) is 0 Å². The van der Waals surface area contributed by atoms with E-state index in [0.717, 1.165) is 21.9 Å². The van der Waals surface area contributed by atoms with Crippen LogP contribution in [-0.2, 0) is 0 Å². The van der Waals surface area contributed by atoms with Gasteiger partial charge < -0.3 is 23.7 Å². The summed E-state index contributed by atoms with van der Waals surface area (Å²) in [5.74, 6) is 3.03. The quantitative estimate of drug-likeness (QED) is 0.284. The van der Waals surface area contributed by atoms with Crippen LogP contribution in [0.2, 0.25) is 0 Å². The molecule has 1 atom stereocenters. The standard InChI is InChI=1S/C28H32O6S/c1-17(2)12-15-24(35-28(29)18-10-8-9-11-20(18)30-3)19-16-23(33-6)25-21(31-4)13-14-22(32-5)26(25)27(19)34-7/h8-14,16,24H,15H2,1-7H3. The Bertz CT molecular complexity index is 1230. The first kappa shape index (κ1) is 26.3. The van der Waals surface area contributed by atoms with E-state index >= 15 is 0 Å². The lowest BCUT2D eigenvalue weighted by Gasteiger charge is -2.23. The van der Waals surface area contributed by atoms with Gasteiger partial charge in [-0.2, -0.15) is 0 Å². The van der Waals surface area contributed by atoms with E-state index in [1.54, 1.807) is 47.7 Å². The van der Waals surface area contributed by atoms with Gasteiger partial charge in [0.05, 0.1) is 51.9 Å². The first-order valence-electron chi connectivity index (χ1n) is 11.2. The molecule has 0 spiro atoms. The number of para-hydroxylation sites is 1. The number of methoxy groups -OCH3 is 5. The normalized spacial score (nSPS) is 11.5. The van der Waals surface area contributed by atoms with E-state index in [1.807, 2.05) is 44.2 Å². The van der Waals surface area contributed by atoms with Crippen LogP contribution in [0.1, 0.15) is 41.4 Å². The molecule has 0 aliphatic carbocycles. The second kappa shape index (κ2) is 11.9. The van der Waals surface area contributed by atoms with Crippen molar-refractivity contribution in [3.05, 3.63) is 65.2 Å². The number of allylic oxidation sites excluding steroid dienone is 2. The van der Waals surface area contributed by atoms with Gasteiger partial charge in [-0.3, -0.25) is 4.79 Å². The molecule has 0 saturated heterocycles. The number of hydrogen-bond acceptors (Lipinski definition) is 7. The fourth-order valence-corrected chi connectivity index (χ4v) is 5.05. The minimum Gasteiger partial charge on any atom is -0.496 e. The van der Waals surface area contributed by atoms with Crippen LogP contribution in [0.15, 0.2) is 54.1 Å². The predicted octanol–water partition coefficient (Wildman–Crippen LogP) is 6.85. The second-order valence-corrected chi connectivity index (χ2v) is 9.21. The van der Waals surface area contributed by atoms with Gasteiger partial charge in [0.25, 0.3) is 0 Å². The third-order valence-corrected chi connectivity index (χ3v) is 6.84. The lowest BCUT2D eigenvalue weighted by molar-refractivity contribution is 0.108. The summed E-state index contributed by atoms with van der Waals surface area (Å²) in [4.78, 5) is 13.4. The number of hydrogen-bond donors (Lipinski definition) is 0. The molecule has 3 rings (SSSR count). The number of fused-ring (bicyclic) bond motifs is 1. The van der Waals surface area contributed by atoms with Crippen molar-refractivity contribution < 1.29 is 28.5 Å². The van der Waals surface area contributed by atoms with Crippen molar-refractivity contribution >= 4 is 27.6 Å². The smallest absolute Gasteiger partial charge is 0.223 e.